The van der Waals surface area contributed by atoms with Crippen LogP contribution < -0.4 is 10.6 Å². The van der Waals surface area contributed by atoms with Crippen LogP contribution in [0.25, 0.3) is 0 Å². The van der Waals surface area contributed by atoms with E-state index in [1.54, 1.807) is 0 Å². The second kappa shape index (κ2) is 5.30. The number of anilines is 1. The Labute approximate surface area is 112 Å². The molecule has 3 N–H and O–H groups in total. The number of fused-ring (bicyclic) bond motifs is 1. The van der Waals surface area contributed by atoms with E-state index in [1.165, 1.54) is 0 Å². The topological polar surface area (TPSA) is 83.6 Å². The van der Waals surface area contributed by atoms with Crippen LogP contribution in [-0.4, -0.2) is 29.6 Å². The van der Waals surface area contributed by atoms with Crippen LogP contribution in [0.3, 0.4) is 0 Å². The molecule has 1 aliphatic rings. The van der Waals surface area contributed by atoms with Crippen molar-refractivity contribution in [3.63, 3.8) is 0 Å². The average molecular weight is 262 g/mol. The number of nitrogens with two attached hydrogens (primary N) is 1. The minimum Gasteiger partial charge on any atom is -0.481 e. The minimum absolute atomic E-state index is 0.0721. The Kier molecular flexibility index (Phi) is 3.74. The van der Waals surface area contributed by atoms with Crippen LogP contribution >= 0.6 is 0 Å². The molecule has 0 aliphatic carbocycles. The van der Waals surface area contributed by atoms with Crippen molar-refractivity contribution in [2.45, 2.75) is 31.7 Å². The molecule has 0 fully saturated rings. The van der Waals surface area contributed by atoms with Gasteiger partial charge in [0.05, 0.1) is 6.42 Å². The number of amides is 1. The van der Waals surface area contributed by atoms with Gasteiger partial charge in [0.25, 0.3) is 0 Å². The Hall–Kier alpha value is -2.04. The van der Waals surface area contributed by atoms with Crippen LogP contribution in [0, 0.1) is 0 Å². The molecule has 0 radical (unpaired) electrons. The first-order valence-electron chi connectivity index (χ1n) is 6.41. The lowest BCUT2D eigenvalue weighted by Crippen LogP contribution is -2.44. The molecule has 1 aromatic carbocycles. The maximum atomic E-state index is 11.5. The predicted molar refractivity (Wildman–Crippen MR) is 72.1 cm³/mol. The molecule has 0 saturated heterocycles. The lowest BCUT2D eigenvalue weighted by Gasteiger charge is -2.27. The number of carboxylic acids is 1. The minimum atomic E-state index is -0.825. The van der Waals surface area contributed by atoms with Gasteiger partial charge in [0.15, 0.2) is 0 Å². The Morgan fingerprint density at radius 2 is 2.16 bits per heavy atom. The van der Waals surface area contributed by atoms with Gasteiger partial charge in [-0.15, -0.1) is 0 Å². The number of carbonyl (C=O) groups excluding carboxylic acids is 1. The summed E-state index contributed by atoms with van der Waals surface area (Å²) in [6.07, 6.45) is 0.687. The van der Waals surface area contributed by atoms with E-state index in [0.717, 1.165) is 11.3 Å². The number of hydrogen-bond donors (Lipinski definition) is 2. The lowest BCUT2D eigenvalue weighted by molar-refractivity contribution is -0.137. The molecule has 2 atom stereocenters. The maximum absolute atomic E-state index is 11.5. The van der Waals surface area contributed by atoms with E-state index >= 15 is 0 Å². The molecule has 1 heterocycles. The van der Waals surface area contributed by atoms with Gasteiger partial charge >= 0.3 is 5.97 Å². The number of benzene rings is 1. The van der Waals surface area contributed by atoms with Crippen LogP contribution in [0.15, 0.2) is 24.3 Å². The summed E-state index contributed by atoms with van der Waals surface area (Å²) in [5.74, 6) is -1.27. The van der Waals surface area contributed by atoms with Crippen LogP contribution in [0.5, 0.6) is 0 Å². The smallest absolute Gasteiger partial charge is 0.304 e. The number of rotatable bonds is 5. The molecule has 2 unspecified atom stereocenters. The zero-order valence-corrected chi connectivity index (χ0v) is 10.9. The van der Waals surface area contributed by atoms with Crippen molar-refractivity contribution in [2.24, 2.45) is 5.73 Å². The Bertz CT molecular complexity index is 501. The van der Waals surface area contributed by atoms with E-state index in [2.05, 4.69) is 0 Å². The van der Waals surface area contributed by atoms with Crippen LogP contribution in [0.2, 0.25) is 0 Å². The maximum Gasteiger partial charge on any atom is 0.304 e. The summed E-state index contributed by atoms with van der Waals surface area (Å²) < 4.78 is 0. The average Bonchev–Trinajstić information content (AvgIpc) is 2.69. The second-order valence-corrected chi connectivity index (χ2v) is 4.83. The van der Waals surface area contributed by atoms with Crippen molar-refractivity contribution >= 4 is 17.6 Å². The first-order valence-corrected chi connectivity index (χ1v) is 6.41. The molecule has 0 aromatic heterocycles. The fraction of sp³-hybridized carbons (Fsp3) is 0.429. The quantitative estimate of drug-likeness (QED) is 0.838. The summed E-state index contributed by atoms with van der Waals surface area (Å²) in [5, 5.41) is 8.98. The summed E-state index contributed by atoms with van der Waals surface area (Å²) in [6.45, 7) is 2.44. The van der Waals surface area contributed by atoms with E-state index in [1.807, 2.05) is 36.1 Å². The number of aliphatic carboxylic acids is 1. The molecular weight excluding hydrogens is 244 g/mol. The summed E-state index contributed by atoms with van der Waals surface area (Å²) in [6, 6.07) is 7.25. The Morgan fingerprint density at radius 3 is 2.74 bits per heavy atom. The number of para-hydroxylation sites is 1. The molecule has 5 heteroatoms. The van der Waals surface area contributed by atoms with E-state index in [9.17, 15) is 9.59 Å². The predicted octanol–water partition coefficient (Wildman–Crippen LogP) is 1.33. The van der Waals surface area contributed by atoms with Crippen LogP contribution in [-0.2, 0) is 9.59 Å². The van der Waals surface area contributed by atoms with Crippen molar-refractivity contribution < 1.29 is 14.7 Å². The first-order chi connectivity index (χ1) is 9.04. The second-order valence-electron chi connectivity index (χ2n) is 4.83. The molecule has 1 amide bonds. The molecule has 2 rings (SSSR count). The van der Waals surface area contributed by atoms with E-state index in [-0.39, 0.29) is 24.3 Å². The number of carboxylic acid groups (broad SMARTS) is 1. The van der Waals surface area contributed by atoms with Gasteiger partial charge in [-0.25, -0.2) is 0 Å². The van der Waals surface area contributed by atoms with Gasteiger partial charge in [0.2, 0.25) is 5.91 Å². The molecule has 0 bridgehead atoms. The lowest BCUT2D eigenvalue weighted by atomic mass is 9.98. The van der Waals surface area contributed by atoms with Crippen molar-refractivity contribution in [3.8, 4) is 0 Å². The van der Waals surface area contributed by atoms with Gasteiger partial charge in [-0.3, -0.25) is 9.59 Å². The van der Waals surface area contributed by atoms with Gasteiger partial charge in [0, 0.05) is 18.2 Å². The highest BCUT2D eigenvalue weighted by Gasteiger charge is 2.34. The highest BCUT2D eigenvalue weighted by molar-refractivity contribution is 5.85. The highest BCUT2D eigenvalue weighted by atomic mass is 16.4. The molecule has 1 aliphatic heterocycles. The van der Waals surface area contributed by atoms with Gasteiger partial charge in [-0.05, 0) is 18.1 Å². The number of hydrogen-bond acceptors (Lipinski definition) is 3. The van der Waals surface area contributed by atoms with E-state index in [0.29, 0.717) is 13.0 Å². The van der Waals surface area contributed by atoms with Gasteiger partial charge < -0.3 is 15.7 Å². The zero-order valence-electron chi connectivity index (χ0n) is 10.9. The third-order valence-electron chi connectivity index (χ3n) is 3.62. The Morgan fingerprint density at radius 1 is 1.47 bits per heavy atom. The fourth-order valence-corrected chi connectivity index (χ4v) is 2.78. The highest BCUT2D eigenvalue weighted by Crippen LogP contribution is 2.39. The third kappa shape index (κ3) is 2.54. The van der Waals surface area contributed by atoms with E-state index < -0.39 is 5.97 Å². The van der Waals surface area contributed by atoms with Gasteiger partial charge in [-0.2, -0.15) is 0 Å². The largest absolute Gasteiger partial charge is 0.481 e. The van der Waals surface area contributed by atoms with Gasteiger partial charge in [-0.1, -0.05) is 25.1 Å². The molecule has 0 spiro atoms. The molecule has 0 saturated carbocycles. The van der Waals surface area contributed by atoms with E-state index in [4.69, 9.17) is 10.8 Å². The van der Waals surface area contributed by atoms with Crippen LogP contribution in [0.1, 0.15) is 31.2 Å². The number of carbonyl (C=O) groups is 2. The molecule has 19 heavy (non-hydrogen) atoms. The van der Waals surface area contributed by atoms with Crippen molar-refractivity contribution in [3.05, 3.63) is 29.8 Å². The normalized spacial score (nSPS) is 19.0. The standard InChI is InChI=1S/C14H18N2O3/c1-2-11(14(15)19)16-8-9(7-13(17)18)10-5-3-4-6-12(10)16/h3-6,9,11H,2,7-8H2,1H3,(H2,15,19)(H,17,18). The molecule has 102 valence electrons. The number of primary amides is 1. The zero-order chi connectivity index (χ0) is 14.0. The molecular formula is C14H18N2O3. The van der Waals surface area contributed by atoms with Crippen molar-refractivity contribution in [1.29, 1.82) is 0 Å². The fourth-order valence-electron chi connectivity index (χ4n) is 2.78. The van der Waals surface area contributed by atoms with Crippen LogP contribution in [0.4, 0.5) is 5.69 Å². The van der Waals surface area contributed by atoms with Crippen molar-refractivity contribution in [1.82, 2.24) is 0 Å². The number of nitrogens with zero attached hydrogens (tertiary/aromatic N) is 1. The monoisotopic (exact) mass is 262 g/mol. The Balaban J connectivity index is 2.34. The first kappa shape index (κ1) is 13.4. The third-order valence-corrected chi connectivity index (χ3v) is 3.62. The molecule has 1 aromatic rings. The van der Waals surface area contributed by atoms with Gasteiger partial charge in [0.1, 0.15) is 6.04 Å². The SMILES string of the molecule is CCC(C(N)=O)N1CC(CC(=O)O)c2ccccc21. The summed E-state index contributed by atoms with van der Waals surface area (Å²) in [7, 11) is 0. The summed E-state index contributed by atoms with van der Waals surface area (Å²) in [5.41, 5.74) is 7.35. The summed E-state index contributed by atoms with van der Waals surface area (Å²) in [4.78, 5) is 24.4. The molecule has 5 nitrogen and oxygen atoms in total. The van der Waals surface area contributed by atoms with Crippen molar-refractivity contribution in [2.75, 3.05) is 11.4 Å². The summed E-state index contributed by atoms with van der Waals surface area (Å²) >= 11 is 0.